The van der Waals surface area contributed by atoms with Crippen LogP contribution in [0.2, 0.25) is 0 Å². The first-order valence-electron chi connectivity index (χ1n) is 14.6. The van der Waals surface area contributed by atoms with Crippen LogP contribution in [-0.4, -0.2) is 77.8 Å². The largest absolute Gasteiger partial charge is 0.376 e. The highest BCUT2D eigenvalue weighted by atomic mass is 79.9. The lowest BCUT2D eigenvalue weighted by atomic mass is 9.73. The van der Waals surface area contributed by atoms with E-state index in [0.29, 0.717) is 29.9 Å². The SMILES string of the molecule is Cc1nc2c(N3C[C@@H](C)N(C(c4ccc(F)c(Br)c4)C4CC(F)(F)C4)C[C@@H]3C)nc3nncn3c2n1CC1CCCO1. The fraction of sp³-hybridized carbons (Fsp3) is 0.586. The summed E-state index contributed by atoms with van der Waals surface area (Å²) in [6, 6.07) is 4.65. The molecule has 2 aliphatic heterocycles. The van der Waals surface area contributed by atoms with Gasteiger partial charge in [0.15, 0.2) is 11.5 Å². The third kappa shape index (κ3) is 4.77. The van der Waals surface area contributed by atoms with Crippen molar-refractivity contribution in [2.24, 2.45) is 5.92 Å². The molecule has 224 valence electrons. The van der Waals surface area contributed by atoms with E-state index in [2.05, 4.69) is 54.3 Å². The summed E-state index contributed by atoms with van der Waals surface area (Å²) in [5, 5.41) is 8.43. The second-order valence-corrected chi connectivity index (χ2v) is 13.1. The van der Waals surface area contributed by atoms with Crippen LogP contribution in [0.5, 0.6) is 0 Å². The Morgan fingerprint density at radius 1 is 1.14 bits per heavy atom. The van der Waals surface area contributed by atoms with Crippen molar-refractivity contribution in [3.63, 3.8) is 0 Å². The van der Waals surface area contributed by atoms with E-state index in [-0.39, 0.29) is 48.8 Å². The van der Waals surface area contributed by atoms with Gasteiger partial charge in [-0.2, -0.15) is 4.98 Å². The number of anilines is 1. The molecule has 0 bridgehead atoms. The van der Waals surface area contributed by atoms with Gasteiger partial charge in [0.2, 0.25) is 5.92 Å². The number of imidazole rings is 1. The van der Waals surface area contributed by atoms with Crippen molar-refractivity contribution in [3.8, 4) is 0 Å². The molecular weight excluding hydrogens is 613 g/mol. The summed E-state index contributed by atoms with van der Waals surface area (Å²) in [5.74, 6) is -1.12. The van der Waals surface area contributed by atoms with Crippen LogP contribution < -0.4 is 4.90 Å². The number of halogens is 4. The lowest BCUT2D eigenvalue weighted by Crippen LogP contribution is -2.59. The minimum atomic E-state index is -2.65. The zero-order valence-corrected chi connectivity index (χ0v) is 25.4. The van der Waals surface area contributed by atoms with E-state index in [1.165, 1.54) is 6.07 Å². The average molecular weight is 648 g/mol. The summed E-state index contributed by atoms with van der Waals surface area (Å²) < 4.78 is 52.7. The van der Waals surface area contributed by atoms with E-state index >= 15 is 0 Å². The summed E-state index contributed by atoms with van der Waals surface area (Å²) in [4.78, 5) is 14.5. The summed E-state index contributed by atoms with van der Waals surface area (Å²) in [7, 11) is 0. The van der Waals surface area contributed by atoms with Crippen molar-refractivity contribution in [1.29, 1.82) is 0 Å². The number of hydrogen-bond donors (Lipinski definition) is 0. The van der Waals surface area contributed by atoms with Crippen molar-refractivity contribution < 1.29 is 17.9 Å². The number of benzene rings is 1. The minimum absolute atomic E-state index is 0.00197. The Hall–Kier alpha value is -2.77. The summed E-state index contributed by atoms with van der Waals surface area (Å²) >= 11 is 3.30. The van der Waals surface area contributed by atoms with Crippen LogP contribution in [0.3, 0.4) is 0 Å². The van der Waals surface area contributed by atoms with E-state index in [9.17, 15) is 13.2 Å². The number of piperazine rings is 1. The molecule has 3 aliphatic rings. The van der Waals surface area contributed by atoms with Crippen molar-refractivity contribution in [2.75, 3.05) is 24.6 Å². The van der Waals surface area contributed by atoms with E-state index < -0.39 is 5.92 Å². The normalized spacial score (nSPS) is 25.9. The van der Waals surface area contributed by atoms with E-state index in [1.807, 2.05) is 11.3 Å². The fourth-order valence-corrected chi connectivity index (χ4v) is 7.55. The Labute approximate surface area is 250 Å². The highest BCUT2D eigenvalue weighted by Gasteiger charge is 2.51. The zero-order chi connectivity index (χ0) is 29.3. The zero-order valence-electron chi connectivity index (χ0n) is 23.9. The van der Waals surface area contributed by atoms with Gasteiger partial charge in [-0.3, -0.25) is 4.90 Å². The smallest absolute Gasteiger partial charge is 0.258 e. The maximum atomic E-state index is 14.1. The quantitative estimate of drug-likeness (QED) is 0.272. The van der Waals surface area contributed by atoms with Gasteiger partial charge in [0.05, 0.1) is 17.1 Å². The Morgan fingerprint density at radius 3 is 2.67 bits per heavy atom. The molecule has 5 heterocycles. The van der Waals surface area contributed by atoms with Gasteiger partial charge >= 0.3 is 0 Å². The van der Waals surface area contributed by atoms with Gasteiger partial charge in [-0.05, 0) is 73.2 Å². The number of aromatic nitrogens is 6. The van der Waals surface area contributed by atoms with Crippen molar-refractivity contribution in [1.82, 2.24) is 34.0 Å². The van der Waals surface area contributed by atoms with Gasteiger partial charge < -0.3 is 14.2 Å². The molecular formula is C29H34BrF3N8O. The molecule has 2 saturated heterocycles. The predicted molar refractivity (Wildman–Crippen MR) is 155 cm³/mol. The summed E-state index contributed by atoms with van der Waals surface area (Å²) in [6.45, 7) is 8.96. The van der Waals surface area contributed by atoms with Crippen LogP contribution in [0.4, 0.5) is 19.0 Å². The first-order valence-corrected chi connectivity index (χ1v) is 15.4. The molecule has 1 aliphatic carbocycles. The van der Waals surface area contributed by atoms with E-state index in [4.69, 9.17) is 14.7 Å². The molecule has 1 saturated carbocycles. The van der Waals surface area contributed by atoms with Gasteiger partial charge in [-0.1, -0.05) is 6.07 Å². The average Bonchev–Trinajstić information content (AvgIpc) is 3.68. The third-order valence-corrected chi connectivity index (χ3v) is 9.84. The van der Waals surface area contributed by atoms with E-state index in [0.717, 1.165) is 47.8 Å². The molecule has 3 fully saturated rings. The maximum Gasteiger partial charge on any atom is 0.258 e. The number of alkyl halides is 2. The molecule has 1 aromatic carbocycles. The second kappa shape index (κ2) is 10.4. The number of hydrogen-bond acceptors (Lipinski definition) is 7. The van der Waals surface area contributed by atoms with Crippen molar-refractivity contribution in [2.45, 2.75) is 83.2 Å². The highest BCUT2D eigenvalue weighted by Crippen LogP contribution is 2.51. The topological polar surface area (TPSA) is 76.6 Å². The Balaban J connectivity index is 1.24. The number of aryl methyl sites for hydroxylation is 1. The lowest BCUT2D eigenvalue weighted by Gasteiger charge is -2.52. The number of rotatable bonds is 6. The van der Waals surface area contributed by atoms with Crippen LogP contribution in [-0.2, 0) is 11.3 Å². The van der Waals surface area contributed by atoms with Crippen LogP contribution in [0.25, 0.3) is 16.9 Å². The maximum absolute atomic E-state index is 14.1. The first-order chi connectivity index (χ1) is 20.1. The molecule has 42 heavy (non-hydrogen) atoms. The monoisotopic (exact) mass is 646 g/mol. The van der Waals surface area contributed by atoms with Crippen LogP contribution in [0.15, 0.2) is 29.0 Å². The Kier molecular flexibility index (Phi) is 6.97. The van der Waals surface area contributed by atoms with Gasteiger partial charge in [-0.25, -0.2) is 22.6 Å². The summed E-state index contributed by atoms with van der Waals surface area (Å²) in [5.41, 5.74) is 2.52. The Morgan fingerprint density at radius 2 is 1.95 bits per heavy atom. The van der Waals surface area contributed by atoms with Crippen LogP contribution >= 0.6 is 15.9 Å². The van der Waals surface area contributed by atoms with Gasteiger partial charge in [-0.15, -0.1) is 10.2 Å². The molecule has 0 radical (unpaired) electrons. The predicted octanol–water partition coefficient (Wildman–Crippen LogP) is 5.55. The van der Waals surface area contributed by atoms with Crippen molar-refractivity contribution in [3.05, 3.63) is 46.2 Å². The van der Waals surface area contributed by atoms with Gasteiger partial charge in [0.25, 0.3) is 5.78 Å². The standard InChI is InChI=1S/C29H34BrF3N8O/c1-16-13-39(17(2)12-38(16)25(20-10-29(32,33)11-20)19-6-7-23(31)22(30)9-19)26-24-27(41-15-34-37-28(41)36-26)40(18(3)35-24)14-21-5-4-8-42-21/h6-7,9,15-17,20-21,25H,4-5,8,10-14H2,1-3H3/t16-,17+,21?,25?/m1/s1. The molecule has 7 rings (SSSR count). The van der Waals surface area contributed by atoms with Crippen LogP contribution in [0.1, 0.15) is 57.0 Å². The minimum Gasteiger partial charge on any atom is -0.376 e. The summed E-state index contributed by atoms with van der Waals surface area (Å²) in [6.07, 6.45) is 3.54. The molecule has 0 amide bonds. The fourth-order valence-electron chi connectivity index (χ4n) is 7.16. The molecule has 3 aromatic heterocycles. The van der Waals surface area contributed by atoms with Crippen molar-refractivity contribution >= 4 is 38.7 Å². The molecule has 9 nitrogen and oxygen atoms in total. The first kappa shape index (κ1) is 28.0. The van der Waals surface area contributed by atoms with E-state index in [1.54, 1.807) is 18.5 Å². The molecule has 0 N–H and O–H groups in total. The van der Waals surface area contributed by atoms with Gasteiger partial charge in [0, 0.05) is 50.7 Å². The third-order valence-electron chi connectivity index (χ3n) is 9.23. The molecule has 4 aromatic rings. The lowest BCUT2D eigenvalue weighted by molar-refractivity contribution is -0.137. The Bertz CT molecular complexity index is 1630. The highest BCUT2D eigenvalue weighted by molar-refractivity contribution is 9.10. The molecule has 13 heteroatoms. The van der Waals surface area contributed by atoms with Crippen LogP contribution in [0, 0.1) is 18.7 Å². The number of fused-ring (bicyclic) bond motifs is 3. The molecule has 2 unspecified atom stereocenters. The molecule has 0 spiro atoms. The molecule has 4 atom stereocenters. The number of nitrogens with zero attached hydrogens (tertiary/aromatic N) is 8. The second-order valence-electron chi connectivity index (χ2n) is 12.2. The number of ether oxygens (including phenoxy) is 1. The van der Waals surface area contributed by atoms with Gasteiger partial charge in [0.1, 0.15) is 23.5 Å².